The Labute approximate surface area is 252 Å². The number of rotatable bonds is 7. The van der Waals surface area contributed by atoms with E-state index in [4.69, 9.17) is 16.3 Å². The fraction of sp³-hybridized carbons (Fsp3) is 0.600. The molecule has 0 aliphatic carbocycles. The van der Waals surface area contributed by atoms with Gasteiger partial charge in [0.1, 0.15) is 0 Å². The molecule has 232 valence electrons. The third-order valence-corrected chi connectivity index (χ3v) is 10.3. The molecule has 12 heteroatoms. The summed E-state index contributed by atoms with van der Waals surface area (Å²) in [5.74, 6) is 0.941. The second kappa shape index (κ2) is 14.0. The van der Waals surface area contributed by atoms with Crippen LogP contribution in [0.25, 0.3) is 10.4 Å². The highest BCUT2D eigenvalue weighted by Gasteiger charge is 2.42. The summed E-state index contributed by atoms with van der Waals surface area (Å²) in [6, 6.07) is 7.93. The minimum absolute atomic E-state index is 0.0277. The molecular formula is C30H46N6O4S2. The van der Waals surface area contributed by atoms with Crippen LogP contribution in [-0.4, -0.2) is 16.8 Å². The van der Waals surface area contributed by atoms with E-state index in [-0.39, 0.29) is 22.6 Å². The van der Waals surface area contributed by atoms with Crippen molar-refractivity contribution >= 4 is 20.0 Å². The van der Waals surface area contributed by atoms with Crippen LogP contribution in [0, 0.1) is 10.8 Å². The molecule has 0 saturated heterocycles. The largest absolute Gasteiger partial charge is 0.264 e. The van der Waals surface area contributed by atoms with Crippen LogP contribution in [0.1, 0.15) is 146 Å². The molecule has 1 heterocycles. The molecule has 0 atom stereocenters. The van der Waals surface area contributed by atoms with Gasteiger partial charge in [0.05, 0.1) is 15.3 Å². The number of sulfonamides is 2. The number of azide groups is 1. The zero-order valence-electron chi connectivity index (χ0n) is 26.9. The Morgan fingerprint density at radius 2 is 1.14 bits per heavy atom. The third-order valence-electron chi connectivity index (χ3n) is 7.24. The van der Waals surface area contributed by atoms with E-state index in [0.717, 1.165) is 27.8 Å². The molecule has 1 aliphatic rings. The van der Waals surface area contributed by atoms with E-state index in [1.54, 1.807) is 0 Å². The van der Waals surface area contributed by atoms with Gasteiger partial charge in [-0.3, -0.25) is 0 Å². The lowest BCUT2D eigenvalue weighted by atomic mass is 9.87. The maximum Gasteiger partial charge on any atom is 0.264 e. The van der Waals surface area contributed by atoms with Gasteiger partial charge in [0, 0.05) is 20.2 Å². The van der Waals surface area contributed by atoms with Crippen molar-refractivity contribution in [2.45, 2.75) is 128 Å². The first kappa shape index (κ1) is 37.1. The highest BCUT2D eigenvalue weighted by molar-refractivity contribution is 7.90. The van der Waals surface area contributed by atoms with E-state index in [1.165, 1.54) is 5.56 Å². The van der Waals surface area contributed by atoms with E-state index in [9.17, 15) is 16.8 Å². The van der Waals surface area contributed by atoms with Crippen molar-refractivity contribution in [3.63, 3.8) is 0 Å². The van der Waals surface area contributed by atoms with Gasteiger partial charge >= 0.3 is 0 Å². The van der Waals surface area contributed by atoms with Crippen LogP contribution >= 0.6 is 0 Å². The lowest BCUT2D eigenvalue weighted by Gasteiger charge is -2.21. The predicted octanol–water partition coefficient (Wildman–Crippen LogP) is 8.55. The lowest BCUT2D eigenvalue weighted by Crippen LogP contribution is -2.32. The first-order chi connectivity index (χ1) is 19.2. The molecule has 42 heavy (non-hydrogen) atoms. The van der Waals surface area contributed by atoms with Crippen molar-refractivity contribution in [1.29, 1.82) is 10.8 Å². The summed E-state index contributed by atoms with van der Waals surface area (Å²) in [6.45, 7) is 24.1. The van der Waals surface area contributed by atoms with E-state index in [1.807, 2.05) is 73.6 Å². The summed E-state index contributed by atoms with van der Waals surface area (Å²) in [7, 11) is -7.38. The SMILES string of the molecule is CC(C)c1cc(C(C)C)c(S(=O)(=O)N=[N+]=[N-])c(C(C)C)c1.CC(C)c1cc(C(C)C)c2c(c1)C(C)(C)NS2(=O)=O.N#N. The van der Waals surface area contributed by atoms with Gasteiger partial charge in [-0.25, -0.2) is 21.6 Å². The normalized spacial score (nSPS) is 15.1. The van der Waals surface area contributed by atoms with Gasteiger partial charge in [-0.2, -0.15) is 0 Å². The lowest BCUT2D eigenvalue weighted by molar-refractivity contribution is 0.493. The van der Waals surface area contributed by atoms with Crippen molar-refractivity contribution in [2.75, 3.05) is 0 Å². The monoisotopic (exact) mass is 618 g/mol. The fourth-order valence-electron chi connectivity index (χ4n) is 4.92. The van der Waals surface area contributed by atoms with E-state index in [2.05, 4.69) is 47.9 Å². The minimum Gasteiger partial charge on any atom is -0.216 e. The Hall–Kier alpha value is -2.97. The number of benzene rings is 2. The van der Waals surface area contributed by atoms with Crippen molar-refractivity contribution < 1.29 is 16.8 Å². The summed E-state index contributed by atoms with van der Waals surface area (Å²) in [6.07, 6.45) is 0. The van der Waals surface area contributed by atoms with Gasteiger partial charge in [-0.15, -0.1) is 0 Å². The summed E-state index contributed by atoms with van der Waals surface area (Å²) < 4.78 is 55.2. The van der Waals surface area contributed by atoms with Crippen LogP contribution in [0.2, 0.25) is 0 Å². The quantitative estimate of drug-likeness (QED) is 0.141. The van der Waals surface area contributed by atoms with Crippen molar-refractivity contribution in [3.8, 4) is 0 Å². The molecule has 3 rings (SSSR count). The molecule has 0 bridgehead atoms. The van der Waals surface area contributed by atoms with Crippen LogP contribution in [0.15, 0.2) is 38.6 Å². The zero-order chi connectivity index (χ0) is 33.0. The van der Waals surface area contributed by atoms with E-state index < -0.39 is 25.6 Å². The van der Waals surface area contributed by atoms with Crippen LogP contribution in [0.4, 0.5) is 0 Å². The summed E-state index contributed by atoms with van der Waals surface area (Å²) >= 11 is 0. The Bertz CT molecular complexity index is 1540. The Morgan fingerprint density at radius 3 is 1.50 bits per heavy atom. The molecule has 0 amide bonds. The van der Waals surface area contributed by atoms with Crippen molar-refractivity contribution in [1.82, 2.24) is 4.72 Å². The molecule has 0 saturated carbocycles. The number of nitrogens with one attached hydrogen (secondary N) is 1. The predicted molar refractivity (Wildman–Crippen MR) is 166 cm³/mol. The first-order valence-corrected chi connectivity index (χ1v) is 17.0. The van der Waals surface area contributed by atoms with Crippen LogP contribution in [0.3, 0.4) is 0 Å². The van der Waals surface area contributed by atoms with Crippen LogP contribution in [0.5, 0.6) is 0 Å². The highest BCUT2D eigenvalue weighted by atomic mass is 32.2. The zero-order valence-corrected chi connectivity index (χ0v) is 28.5. The average Bonchev–Trinajstić information content (AvgIpc) is 3.07. The van der Waals surface area contributed by atoms with E-state index >= 15 is 0 Å². The maximum atomic E-state index is 12.4. The molecule has 0 radical (unpaired) electrons. The Morgan fingerprint density at radius 1 is 0.762 bits per heavy atom. The van der Waals surface area contributed by atoms with Gasteiger partial charge in [-0.05, 0) is 82.3 Å². The molecule has 1 N–H and O–H groups in total. The Balaban J connectivity index is 0.000000398. The summed E-state index contributed by atoms with van der Waals surface area (Å²) in [5, 5.41) is 12.0. The number of hydrogen-bond acceptors (Lipinski definition) is 6. The summed E-state index contributed by atoms with van der Waals surface area (Å²) in [4.78, 5) is 3.15. The average molecular weight is 619 g/mol. The van der Waals surface area contributed by atoms with Crippen LogP contribution < -0.4 is 4.72 Å². The number of fused-ring (bicyclic) bond motifs is 1. The molecule has 2 aromatic carbocycles. The smallest absolute Gasteiger partial charge is 0.216 e. The van der Waals surface area contributed by atoms with Crippen molar-refractivity contribution in [3.05, 3.63) is 68.1 Å². The van der Waals surface area contributed by atoms with Crippen molar-refractivity contribution in [2.24, 2.45) is 4.52 Å². The molecule has 0 spiro atoms. The standard InChI is InChI=1S/C15H23N3O2S.C15H23NO2S.N2/c1-9(2)12-7-13(10(3)4)15(14(8-12)11(5)6)21(19,20)18-17-16;1-9(2)11-7-12(10(3)4)14-13(8-11)15(5,6)16-19(14,17)18;1-2/h7-11H,1-6H3;7-10,16H,1-6H3;. The summed E-state index contributed by atoms with van der Waals surface area (Å²) in [5.41, 5.74) is 13.6. The second-order valence-corrected chi connectivity index (χ2v) is 15.8. The molecule has 1 aliphatic heterocycles. The van der Waals surface area contributed by atoms with E-state index in [0.29, 0.717) is 16.7 Å². The molecule has 0 aromatic heterocycles. The number of hydrogen-bond donors (Lipinski definition) is 1. The van der Waals surface area contributed by atoms with Gasteiger partial charge in [-0.1, -0.05) is 93.5 Å². The molecule has 2 aromatic rings. The Kier molecular flexibility index (Phi) is 12.4. The molecular weight excluding hydrogens is 573 g/mol. The molecule has 10 nitrogen and oxygen atoms in total. The second-order valence-electron chi connectivity index (χ2n) is 12.7. The number of nitrogens with zero attached hydrogens (tertiary/aromatic N) is 5. The minimum atomic E-state index is -4.00. The molecule has 0 fully saturated rings. The van der Waals surface area contributed by atoms with Crippen LogP contribution in [-0.2, 0) is 25.6 Å². The topological polar surface area (TPSA) is 177 Å². The van der Waals surface area contributed by atoms with Gasteiger partial charge in [0.15, 0.2) is 0 Å². The third kappa shape index (κ3) is 8.10. The van der Waals surface area contributed by atoms with Gasteiger partial charge in [0.2, 0.25) is 10.0 Å². The van der Waals surface area contributed by atoms with Gasteiger partial charge in [0.25, 0.3) is 10.0 Å². The fourth-order valence-corrected chi connectivity index (χ4v) is 8.37. The first-order valence-electron chi connectivity index (χ1n) is 14.1. The molecule has 0 unspecified atom stereocenters. The maximum absolute atomic E-state index is 12.4. The highest BCUT2D eigenvalue weighted by Crippen LogP contribution is 2.41. The van der Waals surface area contributed by atoms with Gasteiger partial charge < -0.3 is 0 Å².